The summed E-state index contributed by atoms with van der Waals surface area (Å²) in [5, 5.41) is 11.8. The lowest BCUT2D eigenvalue weighted by atomic mass is 9.97. The van der Waals surface area contributed by atoms with E-state index < -0.39 is 0 Å². The normalized spacial score (nSPS) is 23.6. The van der Waals surface area contributed by atoms with Crippen molar-refractivity contribution in [3.8, 4) is 0 Å². The summed E-state index contributed by atoms with van der Waals surface area (Å²) in [4.78, 5) is 2.39. The third-order valence-corrected chi connectivity index (χ3v) is 3.11. The van der Waals surface area contributed by atoms with Gasteiger partial charge in [-0.1, -0.05) is 5.16 Å². The number of hydrogen-bond acceptors (Lipinski definition) is 4. The number of hydrogen-bond donors (Lipinski definition) is 2. The lowest BCUT2D eigenvalue weighted by molar-refractivity contribution is 0.169. The summed E-state index contributed by atoms with van der Waals surface area (Å²) in [5.74, 6) is 0.600. The zero-order valence-electron chi connectivity index (χ0n) is 10.1. The maximum absolute atomic E-state index is 8.65. The van der Waals surface area contributed by atoms with Crippen LogP contribution in [0.2, 0.25) is 0 Å². The van der Waals surface area contributed by atoms with Crippen LogP contribution < -0.4 is 5.73 Å². The van der Waals surface area contributed by atoms with Crippen molar-refractivity contribution in [1.82, 2.24) is 4.90 Å². The summed E-state index contributed by atoms with van der Waals surface area (Å²) in [7, 11) is 1.73. The molecule has 1 aliphatic heterocycles. The first kappa shape index (κ1) is 13.3. The Kier molecular flexibility index (Phi) is 6.18. The number of ether oxygens (including phenoxy) is 1. The van der Waals surface area contributed by atoms with Crippen LogP contribution in [0, 0.1) is 5.92 Å². The van der Waals surface area contributed by atoms with E-state index in [-0.39, 0.29) is 5.92 Å². The molecule has 1 saturated heterocycles. The fourth-order valence-electron chi connectivity index (χ4n) is 2.16. The summed E-state index contributed by atoms with van der Waals surface area (Å²) in [6, 6.07) is 0. The Morgan fingerprint density at radius 3 is 3.06 bits per heavy atom. The lowest BCUT2D eigenvalue weighted by Crippen LogP contribution is -2.41. The fourth-order valence-corrected chi connectivity index (χ4v) is 2.16. The minimum absolute atomic E-state index is 0.223. The Morgan fingerprint density at radius 2 is 2.38 bits per heavy atom. The lowest BCUT2D eigenvalue weighted by Gasteiger charge is -2.31. The predicted octanol–water partition coefficient (Wildman–Crippen LogP) is 0.871. The first-order chi connectivity index (χ1) is 7.77. The van der Waals surface area contributed by atoms with E-state index in [1.165, 1.54) is 0 Å². The molecule has 1 rings (SSSR count). The summed E-state index contributed by atoms with van der Waals surface area (Å²) >= 11 is 0. The molecule has 0 radical (unpaired) electrons. The number of piperidine rings is 1. The zero-order valence-corrected chi connectivity index (χ0v) is 10.1. The van der Waals surface area contributed by atoms with Crippen molar-refractivity contribution >= 4 is 5.84 Å². The highest BCUT2D eigenvalue weighted by atomic mass is 16.5. The van der Waals surface area contributed by atoms with Gasteiger partial charge in [-0.15, -0.1) is 0 Å². The van der Waals surface area contributed by atoms with Crippen molar-refractivity contribution < 1.29 is 9.94 Å². The van der Waals surface area contributed by atoms with Crippen molar-refractivity contribution in [3.05, 3.63) is 0 Å². The van der Waals surface area contributed by atoms with Gasteiger partial charge in [-0.05, 0) is 38.8 Å². The molecule has 0 aromatic heterocycles. The molecule has 5 nitrogen and oxygen atoms in total. The molecule has 0 aromatic carbocycles. The Bertz CT molecular complexity index is 221. The van der Waals surface area contributed by atoms with Crippen LogP contribution in [-0.4, -0.2) is 49.3 Å². The van der Waals surface area contributed by atoms with Gasteiger partial charge < -0.3 is 20.6 Å². The molecule has 1 unspecified atom stereocenters. The summed E-state index contributed by atoms with van der Waals surface area (Å²) < 4.78 is 5.02. The zero-order chi connectivity index (χ0) is 11.8. The molecule has 0 aliphatic carbocycles. The van der Waals surface area contributed by atoms with Crippen molar-refractivity contribution in [1.29, 1.82) is 0 Å². The number of nitrogens with zero attached hydrogens (tertiary/aromatic N) is 2. The molecule has 16 heavy (non-hydrogen) atoms. The molecule has 0 aromatic rings. The van der Waals surface area contributed by atoms with E-state index in [1.54, 1.807) is 7.11 Å². The number of unbranched alkanes of at least 4 members (excludes halogenated alkanes) is 1. The van der Waals surface area contributed by atoms with Crippen molar-refractivity contribution in [2.75, 3.05) is 33.4 Å². The second-order valence-corrected chi connectivity index (χ2v) is 4.36. The maximum atomic E-state index is 8.65. The topological polar surface area (TPSA) is 71.1 Å². The third-order valence-electron chi connectivity index (χ3n) is 3.11. The monoisotopic (exact) mass is 229 g/mol. The molecule has 0 saturated carbocycles. The molecule has 5 heteroatoms. The molecule has 3 N–H and O–H groups in total. The van der Waals surface area contributed by atoms with Gasteiger partial charge >= 0.3 is 0 Å². The number of amidine groups is 1. The van der Waals surface area contributed by atoms with Crippen LogP contribution in [-0.2, 0) is 4.74 Å². The van der Waals surface area contributed by atoms with Gasteiger partial charge in [0.1, 0.15) is 5.84 Å². The molecule has 1 fully saturated rings. The van der Waals surface area contributed by atoms with E-state index in [9.17, 15) is 0 Å². The van der Waals surface area contributed by atoms with E-state index in [1.807, 2.05) is 0 Å². The summed E-state index contributed by atoms with van der Waals surface area (Å²) in [6.07, 6.45) is 4.41. The second-order valence-electron chi connectivity index (χ2n) is 4.36. The van der Waals surface area contributed by atoms with Gasteiger partial charge in [-0.2, -0.15) is 0 Å². The number of nitrogens with two attached hydrogens (primary N) is 1. The van der Waals surface area contributed by atoms with E-state index in [0.717, 1.165) is 51.9 Å². The average molecular weight is 229 g/mol. The Balaban J connectivity index is 2.22. The molecule has 1 aliphatic rings. The van der Waals surface area contributed by atoms with E-state index in [0.29, 0.717) is 5.84 Å². The van der Waals surface area contributed by atoms with Gasteiger partial charge in [0, 0.05) is 26.2 Å². The van der Waals surface area contributed by atoms with Crippen LogP contribution in [0.1, 0.15) is 25.7 Å². The molecule has 1 atom stereocenters. The SMILES string of the molecule is COCCCCN1CCCC(C(N)=NO)C1. The quantitative estimate of drug-likeness (QED) is 0.233. The molecular formula is C11H23N3O2. The largest absolute Gasteiger partial charge is 0.409 e. The number of oxime groups is 1. The Labute approximate surface area is 97.2 Å². The highest BCUT2D eigenvalue weighted by molar-refractivity contribution is 5.82. The van der Waals surface area contributed by atoms with E-state index in [2.05, 4.69) is 10.1 Å². The highest BCUT2D eigenvalue weighted by Crippen LogP contribution is 2.16. The summed E-state index contributed by atoms with van der Waals surface area (Å²) in [5.41, 5.74) is 5.64. The molecular weight excluding hydrogens is 206 g/mol. The molecule has 1 heterocycles. The Morgan fingerprint density at radius 1 is 1.56 bits per heavy atom. The van der Waals surface area contributed by atoms with Crippen LogP contribution in [0.25, 0.3) is 0 Å². The second kappa shape index (κ2) is 7.46. The number of methoxy groups -OCH3 is 1. The van der Waals surface area contributed by atoms with Crippen molar-refractivity contribution in [3.63, 3.8) is 0 Å². The van der Waals surface area contributed by atoms with Crippen LogP contribution >= 0.6 is 0 Å². The predicted molar refractivity (Wildman–Crippen MR) is 63.7 cm³/mol. The molecule has 94 valence electrons. The van der Waals surface area contributed by atoms with Crippen molar-refractivity contribution in [2.45, 2.75) is 25.7 Å². The Hall–Kier alpha value is -0.810. The third kappa shape index (κ3) is 4.37. The van der Waals surface area contributed by atoms with E-state index in [4.69, 9.17) is 15.7 Å². The smallest absolute Gasteiger partial charge is 0.143 e. The van der Waals surface area contributed by atoms with Crippen LogP contribution in [0.15, 0.2) is 5.16 Å². The molecule has 0 amide bonds. The summed E-state index contributed by atoms with van der Waals surface area (Å²) in [6.45, 7) is 3.96. The van der Waals surface area contributed by atoms with Gasteiger partial charge in [0.2, 0.25) is 0 Å². The van der Waals surface area contributed by atoms with Gasteiger partial charge in [0.15, 0.2) is 0 Å². The van der Waals surface area contributed by atoms with Crippen LogP contribution in [0.3, 0.4) is 0 Å². The van der Waals surface area contributed by atoms with Gasteiger partial charge in [-0.25, -0.2) is 0 Å². The van der Waals surface area contributed by atoms with Crippen molar-refractivity contribution in [2.24, 2.45) is 16.8 Å². The molecule has 0 bridgehead atoms. The highest BCUT2D eigenvalue weighted by Gasteiger charge is 2.22. The van der Waals surface area contributed by atoms with Gasteiger partial charge in [-0.3, -0.25) is 0 Å². The van der Waals surface area contributed by atoms with Crippen LogP contribution in [0.4, 0.5) is 0 Å². The number of rotatable bonds is 6. The van der Waals surface area contributed by atoms with Gasteiger partial charge in [0.05, 0.1) is 0 Å². The number of likely N-dealkylation sites (tertiary alicyclic amines) is 1. The first-order valence-corrected chi connectivity index (χ1v) is 5.96. The maximum Gasteiger partial charge on any atom is 0.143 e. The first-order valence-electron chi connectivity index (χ1n) is 5.96. The average Bonchev–Trinajstić information content (AvgIpc) is 2.34. The van der Waals surface area contributed by atoms with E-state index >= 15 is 0 Å². The minimum atomic E-state index is 0.223. The van der Waals surface area contributed by atoms with Crippen LogP contribution in [0.5, 0.6) is 0 Å². The fraction of sp³-hybridized carbons (Fsp3) is 0.909. The van der Waals surface area contributed by atoms with Gasteiger partial charge in [0.25, 0.3) is 0 Å². The molecule has 0 spiro atoms. The standard InChI is InChI=1S/C11H23N3O2/c1-16-8-3-2-6-14-7-4-5-10(9-14)11(12)13-15/h10,15H,2-9H2,1H3,(H2,12,13). The minimum Gasteiger partial charge on any atom is -0.409 e.